The lowest BCUT2D eigenvalue weighted by atomic mass is 10.00. The van der Waals surface area contributed by atoms with Crippen molar-refractivity contribution in [2.45, 2.75) is 38.1 Å². The van der Waals surface area contributed by atoms with Crippen molar-refractivity contribution >= 4 is 5.95 Å². The van der Waals surface area contributed by atoms with Crippen LogP contribution in [0.3, 0.4) is 0 Å². The van der Waals surface area contributed by atoms with Gasteiger partial charge in [0, 0.05) is 17.9 Å². The highest BCUT2D eigenvalue weighted by atomic mass is 15.0. The molecule has 4 nitrogen and oxygen atoms in total. The van der Waals surface area contributed by atoms with Crippen LogP contribution in [0.15, 0.2) is 12.3 Å². The number of rotatable bonds is 3. The number of hydrogen-bond donors (Lipinski definition) is 2. The van der Waals surface area contributed by atoms with Crippen molar-refractivity contribution in [1.82, 2.24) is 15.3 Å². The number of anilines is 1. The smallest absolute Gasteiger partial charge is 0.220 e. The molecule has 0 spiro atoms. The minimum atomic E-state index is 0.379. The second-order valence-electron chi connectivity index (χ2n) is 4.09. The van der Waals surface area contributed by atoms with Crippen molar-refractivity contribution in [3.63, 3.8) is 0 Å². The fourth-order valence-electron chi connectivity index (χ4n) is 2.04. The van der Waals surface area contributed by atoms with Gasteiger partial charge in [0.2, 0.25) is 5.95 Å². The second kappa shape index (κ2) is 5.07. The molecule has 0 saturated carbocycles. The van der Waals surface area contributed by atoms with E-state index in [1.807, 2.05) is 6.07 Å². The molecule has 0 radical (unpaired) electrons. The third-order valence-corrected chi connectivity index (χ3v) is 2.89. The summed E-state index contributed by atoms with van der Waals surface area (Å²) in [6.45, 7) is 1.16. The number of aromatic nitrogens is 2. The van der Waals surface area contributed by atoms with Gasteiger partial charge in [-0.05, 0) is 38.3 Å². The molecule has 3 N–H and O–H groups in total. The van der Waals surface area contributed by atoms with Crippen LogP contribution in [0.1, 0.15) is 31.4 Å². The van der Waals surface area contributed by atoms with Crippen molar-refractivity contribution < 1.29 is 0 Å². The number of nitrogens with zero attached hydrogens (tertiary/aromatic N) is 2. The standard InChI is InChI=1S/C11H18N4/c12-11-14-8-6-10(15-11)5-4-9-3-1-2-7-13-9/h6,8-9,13H,1-5,7H2,(H2,12,14,15). The van der Waals surface area contributed by atoms with Crippen LogP contribution in [0, 0.1) is 0 Å². The van der Waals surface area contributed by atoms with E-state index in [0.717, 1.165) is 25.1 Å². The molecule has 2 heterocycles. The lowest BCUT2D eigenvalue weighted by Gasteiger charge is -2.23. The first kappa shape index (κ1) is 10.4. The van der Waals surface area contributed by atoms with Gasteiger partial charge in [0.25, 0.3) is 0 Å². The monoisotopic (exact) mass is 206 g/mol. The fourth-order valence-corrected chi connectivity index (χ4v) is 2.04. The SMILES string of the molecule is Nc1nccc(CCC2CCCCN2)n1. The van der Waals surface area contributed by atoms with Gasteiger partial charge in [-0.2, -0.15) is 0 Å². The first-order valence-corrected chi connectivity index (χ1v) is 5.65. The topological polar surface area (TPSA) is 63.8 Å². The molecular formula is C11H18N4. The Hall–Kier alpha value is -1.16. The van der Waals surface area contributed by atoms with Gasteiger partial charge in [-0.25, -0.2) is 9.97 Å². The summed E-state index contributed by atoms with van der Waals surface area (Å²) in [6, 6.07) is 2.61. The molecule has 1 unspecified atom stereocenters. The number of hydrogen-bond acceptors (Lipinski definition) is 4. The molecule has 1 aromatic heterocycles. The molecular weight excluding hydrogens is 188 g/mol. The molecule has 4 heteroatoms. The zero-order chi connectivity index (χ0) is 10.5. The largest absolute Gasteiger partial charge is 0.368 e. The average Bonchev–Trinajstić information content (AvgIpc) is 2.28. The highest BCUT2D eigenvalue weighted by molar-refractivity contribution is 5.17. The molecule has 0 aliphatic carbocycles. The summed E-state index contributed by atoms with van der Waals surface area (Å²) in [6.07, 6.45) is 7.83. The Morgan fingerprint density at radius 1 is 1.47 bits per heavy atom. The molecule has 82 valence electrons. The second-order valence-corrected chi connectivity index (χ2v) is 4.09. The van der Waals surface area contributed by atoms with Crippen LogP contribution in [0.2, 0.25) is 0 Å². The maximum atomic E-state index is 5.53. The van der Waals surface area contributed by atoms with Crippen molar-refractivity contribution in [3.8, 4) is 0 Å². The van der Waals surface area contributed by atoms with E-state index in [2.05, 4.69) is 15.3 Å². The minimum absolute atomic E-state index is 0.379. The van der Waals surface area contributed by atoms with Crippen molar-refractivity contribution in [2.75, 3.05) is 12.3 Å². The van der Waals surface area contributed by atoms with E-state index in [9.17, 15) is 0 Å². The number of nitrogens with one attached hydrogen (secondary N) is 1. The Bertz CT molecular complexity index is 307. The summed E-state index contributed by atoms with van der Waals surface area (Å²) >= 11 is 0. The molecule has 1 fully saturated rings. The third kappa shape index (κ3) is 3.16. The highest BCUT2D eigenvalue weighted by Crippen LogP contribution is 2.12. The molecule has 1 aromatic rings. The van der Waals surface area contributed by atoms with Gasteiger partial charge in [-0.3, -0.25) is 0 Å². The number of piperidine rings is 1. The predicted octanol–water partition coefficient (Wildman–Crippen LogP) is 1.13. The van der Waals surface area contributed by atoms with Gasteiger partial charge in [0.1, 0.15) is 0 Å². The Morgan fingerprint density at radius 2 is 2.40 bits per heavy atom. The van der Waals surface area contributed by atoms with Gasteiger partial charge in [0.15, 0.2) is 0 Å². The lowest BCUT2D eigenvalue weighted by molar-refractivity contribution is 0.382. The van der Waals surface area contributed by atoms with Crippen LogP contribution in [0.4, 0.5) is 5.95 Å². The van der Waals surface area contributed by atoms with Gasteiger partial charge in [-0.1, -0.05) is 6.42 Å². The van der Waals surface area contributed by atoms with Crippen LogP contribution in [-0.4, -0.2) is 22.6 Å². The van der Waals surface area contributed by atoms with Gasteiger partial charge < -0.3 is 11.1 Å². The average molecular weight is 206 g/mol. The molecule has 1 aliphatic heterocycles. The molecule has 2 rings (SSSR count). The van der Waals surface area contributed by atoms with E-state index in [4.69, 9.17) is 5.73 Å². The number of aryl methyl sites for hydroxylation is 1. The number of nitrogens with two attached hydrogens (primary N) is 1. The maximum absolute atomic E-state index is 5.53. The highest BCUT2D eigenvalue weighted by Gasteiger charge is 2.12. The zero-order valence-corrected chi connectivity index (χ0v) is 8.95. The molecule has 0 amide bonds. The first-order valence-electron chi connectivity index (χ1n) is 5.65. The predicted molar refractivity (Wildman–Crippen MR) is 60.4 cm³/mol. The van der Waals surface area contributed by atoms with E-state index in [0.29, 0.717) is 12.0 Å². The van der Waals surface area contributed by atoms with E-state index in [1.165, 1.54) is 19.3 Å². The van der Waals surface area contributed by atoms with Crippen LogP contribution >= 0.6 is 0 Å². The maximum Gasteiger partial charge on any atom is 0.220 e. The Labute approximate surface area is 90.3 Å². The zero-order valence-electron chi connectivity index (χ0n) is 8.95. The summed E-state index contributed by atoms with van der Waals surface area (Å²) < 4.78 is 0. The van der Waals surface area contributed by atoms with Crippen molar-refractivity contribution in [1.29, 1.82) is 0 Å². The lowest BCUT2D eigenvalue weighted by Crippen LogP contribution is -2.34. The normalized spacial score (nSPS) is 21.5. The van der Waals surface area contributed by atoms with E-state index >= 15 is 0 Å². The van der Waals surface area contributed by atoms with Crippen molar-refractivity contribution in [2.24, 2.45) is 0 Å². The van der Waals surface area contributed by atoms with Crippen LogP contribution < -0.4 is 11.1 Å². The molecule has 0 bridgehead atoms. The Balaban J connectivity index is 1.81. The van der Waals surface area contributed by atoms with Gasteiger partial charge in [0.05, 0.1) is 0 Å². The van der Waals surface area contributed by atoms with Gasteiger partial charge in [-0.15, -0.1) is 0 Å². The van der Waals surface area contributed by atoms with Gasteiger partial charge >= 0.3 is 0 Å². The minimum Gasteiger partial charge on any atom is -0.368 e. The third-order valence-electron chi connectivity index (χ3n) is 2.89. The Morgan fingerprint density at radius 3 is 3.13 bits per heavy atom. The summed E-state index contributed by atoms with van der Waals surface area (Å²) in [4.78, 5) is 8.08. The van der Waals surface area contributed by atoms with E-state index < -0.39 is 0 Å². The molecule has 1 aliphatic rings. The molecule has 1 saturated heterocycles. The quantitative estimate of drug-likeness (QED) is 0.778. The van der Waals surface area contributed by atoms with E-state index in [1.54, 1.807) is 6.20 Å². The first-order chi connectivity index (χ1) is 7.34. The van der Waals surface area contributed by atoms with Crippen LogP contribution in [-0.2, 0) is 6.42 Å². The van der Waals surface area contributed by atoms with Crippen molar-refractivity contribution in [3.05, 3.63) is 18.0 Å². The fraction of sp³-hybridized carbons (Fsp3) is 0.636. The summed E-state index contributed by atoms with van der Waals surface area (Å²) in [5.74, 6) is 0.379. The molecule has 1 atom stereocenters. The summed E-state index contributed by atoms with van der Waals surface area (Å²) in [5, 5.41) is 3.53. The molecule has 15 heavy (non-hydrogen) atoms. The number of nitrogen functional groups attached to an aromatic ring is 1. The van der Waals surface area contributed by atoms with E-state index in [-0.39, 0.29) is 0 Å². The van der Waals surface area contributed by atoms with Crippen LogP contribution in [0.5, 0.6) is 0 Å². The molecule has 0 aromatic carbocycles. The summed E-state index contributed by atoms with van der Waals surface area (Å²) in [5.41, 5.74) is 6.58. The summed E-state index contributed by atoms with van der Waals surface area (Å²) in [7, 11) is 0. The Kier molecular flexibility index (Phi) is 3.50. The van der Waals surface area contributed by atoms with Crippen LogP contribution in [0.25, 0.3) is 0 Å².